The van der Waals surface area contributed by atoms with Crippen LogP contribution >= 0.6 is 15.9 Å². The molecule has 1 fully saturated rings. The number of ether oxygens (including phenoxy) is 2. The second-order valence-electron chi connectivity index (χ2n) is 4.27. The number of hydrogen-bond acceptors (Lipinski definition) is 6. The van der Waals surface area contributed by atoms with Crippen molar-refractivity contribution in [1.29, 1.82) is 0 Å². The second-order valence-corrected chi connectivity index (χ2v) is 5.13. The van der Waals surface area contributed by atoms with Crippen LogP contribution in [0.5, 0.6) is 5.88 Å². The van der Waals surface area contributed by atoms with Crippen molar-refractivity contribution >= 4 is 21.9 Å². The summed E-state index contributed by atoms with van der Waals surface area (Å²) in [6, 6.07) is 0. The highest BCUT2D eigenvalue weighted by Crippen LogP contribution is 2.26. The zero-order valence-electron chi connectivity index (χ0n) is 10.3. The van der Waals surface area contributed by atoms with Crippen LogP contribution < -0.4 is 10.1 Å². The lowest BCUT2D eigenvalue weighted by Crippen LogP contribution is -2.43. The van der Waals surface area contributed by atoms with Gasteiger partial charge in [0.05, 0.1) is 23.9 Å². The Morgan fingerprint density at radius 3 is 3.11 bits per heavy atom. The highest BCUT2D eigenvalue weighted by molar-refractivity contribution is 9.10. The summed E-state index contributed by atoms with van der Waals surface area (Å²) >= 11 is 3.28. The van der Waals surface area contributed by atoms with Gasteiger partial charge in [-0.25, -0.2) is 4.98 Å². The van der Waals surface area contributed by atoms with Crippen molar-refractivity contribution in [3.63, 3.8) is 0 Å². The first-order chi connectivity index (χ1) is 8.55. The van der Waals surface area contributed by atoms with Crippen molar-refractivity contribution < 1.29 is 14.6 Å². The van der Waals surface area contributed by atoms with Gasteiger partial charge >= 0.3 is 0 Å². The van der Waals surface area contributed by atoms with Gasteiger partial charge < -0.3 is 19.9 Å². The van der Waals surface area contributed by atoms with Crippen molar-refractivity contribution in [2.45, 2.75) is 25.0 Å². The van der Waals surface area contributed by atoms with E-state index in [0.29, 0.717) is 35.9 Å². The molecule has 6 nitrogen and oxygen atoms in total. The predicted molar refractivity (Wildman–Crippen MR) is 69.8 cm³/mol. The van der Waals surface area contributed by atoms with Crippen LogP contribution in [0, 0.1) is 0 Å². The molecule has 1 aliphatic heterocycles. The van der Waals surface area contributed by atoms with Crippen LogP contribution in [0.3, 0.4) is 0 Å². The van der Waals surface area contributed by atoms with E-state index in [-0.39, 0.29) is 6.10 Å². The summed E-state index contributed by atoms with van der Waals surface area (Å²) in [5.74, 6) is 0.873. The van der Waals surface area contributed by atoms with Gasteiger partial charge in [0.15, 0.2) is 0 Å². The summed E-state index contributed by atoms with van der Waals surface area (Å²) in [6.45, 7) is 2.78. The molecule has 2 N–H and O–H groups in total. The van der Waals surface area contributed by atoms with E-state index in [1.807, 2.05) is 6.92 Å². The van der Waals surface area contributed by atoms with Crippen molar-refractivity contribution in [3.05, 3.63) is 10.7 Å². The largest absolute Gasteiger partial charge is 0.480 e. The van der Waals surface area contributed by atoms with Crippen molar-refractivity contribution in [2.24, 2.45) is 0 Å². The Morgan fingerprint density at radius 2 is 2.50 bits per heavy atom. The summed E-state index contributed by atoms with van der Waals surface area (Å²) in [6.07, 6.45) is 2.02. The number of nitrogens with one attached hydrogen (secondary N) is 1. The van der Waals surface area contributed by atoms with Crippen LogP contribution in [0.15, 0.2) is 10.7 Å². The average Bonchev–Trinajstić information content (AvgIpc) is 2.69. The van der Waals surface area contributed by atoms with Crippen LogP contribution in [0.2, 0.25) is 0 Å². The first-order valence-corrected chi connectivity index (χ1v) is 6.49. The molecule has 1 aromatic heterocycles. The van der Waals surface area contributed by atoms with E-state index in [2.05, 4.69) is 31.2 Å². The predicted octanol–water partition coefficient (Wildman–Crippen LogP) is 1.20. The van der Waals surface area contributed by atoms with Crippen molar-refractivity contribution in [1.82, 2.24) is 9.97 Å². The molecule has 2 unspecified atom stereocenters. The number of aromatic nitrogens is 2. The third kappa shape index (κ3) is 2.73. The van der Waals surface area contributed by atoms with E-state index in [4.69, 9.17) is 9.47 Å². The van der Waals surface area contributed by atoms with Gasteiger partial charge in [-0.2, -0.15) is 4.98 Å². The molecule has 0 bridgehead atoms. The monoisotopic (exact) mass is 317 g/mol. The third-order valence-electron chi connectivity index (χ3n) is 3.12. The Kier molecular flexibility index (Phi) is 4.04. The molecule has 0 amide bonds. The molecule has 2 rings (SSSR count). The molecule has 0 saturated carbocycles. The number of aliphatic hydroxyl groups is 1. The SMILES string of the molecule is COc1nc(NCC2(O)CCOC2C)ncc1Br. The first kappa shape index (κ1) is 13.5. The summed E-state index contributed by atoms with van der Waals surface area (Å²) < 4.78 is 11.1. The molecule has 1 aliphatic rings. The summed E-state index contributed by atoms with van der Waals surface area (Å²) in [7, 11) is 1.54. The molecular formula is C11H16BrN3O3. The van der Waals surface area contributed by atoms with Gasteiger partial charge in [0.25, 0.3) is 0 Å². The molecule has 0 spiro atoms. The summed E-state index contributed by atoms with van der Waals surface area (Å²) in [5.41, 5.74) is -0.871. The highest BCUT2D eigenvalue weighted by atomic mass is 79.9. The zero-order valence-corrected chi connectivity index (χ0v) is 11.9. The van der Waals surface area contributed by atoms with Gasteiger partial charge in [0, 0.05) is 19.6 Å². The Balaban J connectivity index is 2.02. The molecule has 100 valence electrons. The maximum atomic E-state index is 10.3. The molecule has 18 heavy (non-hydrogen) atoms. The fraction of sp³-hybridized carbons (Fsp3) is 0.636. The number of hydrogen-bond donors (Lipinski definition) is 2. The fourth-order valence-corrected chi connectivity index (χ4v) is 2.17. The van der Waals surface area contributed by atoms with Gasteiger partial charge in [-0.05, 0) is 22.9 Å². The minimum Gasteiger partial charge on any atom is -0.480 e. The van der Waals surface area contributed by atoms with Gasteiger partial charge in [-0.1, -0.05) is 0 Å². The van der Waals surface area contributed by atoms with Gasteiger partial charge in [0.1, 0.15) is 5.60 Å². The van der Waals surface area contributed by atoms with E-state index in [9.17, 15) is 5.11 Å². The molecular weight excluding hydrogens is 302 g/mol. The van der Waals surface area contributed by atoms with E-state index < -0.39 is 5.60 Å². The van der Waals surface area contributed by atoms with Crippen LogP contribution in [0.4, 0.5) is 5.95 Å². The minimum atomic E-state index is -0.871. The fourth-order valence-electron chi connectivity index (χ4n) is 1.81. The van der Waals surface area contributed by atoms with Gasteiger partial charge in [-0.15, -0.1) is 0 Å². The first-order valence-electron chi connectivity index (χ1n) is 5.69. The molecule has 2 atom stereocenters. The van der Waals surface area contributed by atoms with Gasteiger partial charge in [-0.3, -0.25) is 0 Å². The molecule has 2 heterocycles. The lowest BCUT2D eigenvalue weighted by atomic mass is 9.97. The second kappa shape index (κ2) is 5.38. The van der Waals surface area contributed by atoms with E-state index in [1.165, 1.54) is 7.11 Å². The Hall–Kier alpha value is -0.920. The molecule has 0 radical (unpaired) electrons. The van der Waals surface area contributed by atoms with Crippen molar-refractivity contribution in [2.75, 3.05) is 25.6 Å². The Morgan fingerprint density at radius 1 is 1.72 bits per heavy atom. The van der Waals surface area contributed by atoms with Crippen LogP contribution in [0.25, 0.3) is 0 Å². The average molecular weight is 318 g/mol. The van der Waals surface area contributed by atoms with E-state index in [0.717, 1.165) is 0 Å². The number of rotatable bonds is 4. The Bertz CT molecular complexity index is 432. The molecule has 1 saturated heterocycles. The number of nitrogens with zero attached hydrogens (tertiary/aromatic N) is 2. The lowest BCUT2D eigenvalue weighted by Gasteiger charge is -2.26. The van der Waals surface area contributed by atoms with Crippen molar-refractivity contribution in [3.8, 4) is 5.88 Å². The van der Waals surface area contributed by atoms with Crippen LogP contribution in [-0.2, 0) is 4.74 Å². The number of methoxy groups -OCH3 is 1. The van der Waals surface area contributed by atoms with Gasteiger partial charge in [0.2, 0.25) is 11.8 Å². The Labute approximate surface area is 114 Å². The van der Waals surface area contributed by atoms with Crippen LogP contribution in [0.1, 0.15) is 13.3 Å². The molecule has 0 aliphatic carbocycles. The molecule has 1 aromatic rings. The highest BCUT2D eigenvalue weighted by Gasteiger charge is 2.39. The topological polar surface area (TPSA) is 76.5 Å². The van der Waals surface area contributed by atoms with Crippen LogP contribution in [-0.4, -0.2) is 47.0 Å². The molecule has 0 aromatic carbocycles. The molecule has 7 heteroatoms. The maximum absolute atomic E-state index is 10.3. The summed E-state index contributed by atoms with van der Waals surface area (Å²) in [5, 5.41) is 13.3. The van der Waals surface area contributed by atoms with E-state index >= 15 is 0 Å². The maximum Gasteiger partial charge on any atom is 0.232 e. The number of anilines is 1. The minimum absolute atomic E-state index is 0.192. The zero-order chi connectivity index (χ0) is 13.2. The smallest absolute Gasteiger partial charge is 0.232 e. The summed E-state index contributed by atoms with van der Waals surface area (Å²) in [4.78, 5) is 8.27. The number of halogens is 1. The van der Waals surface area contributed by atoms with E-state index in [1.54, 1.807) is 6.20 Å². The lowest BCUT2D eigenvalue weighted by molar-refractivity contribution is -0.0176. The third-order valence-corrected chi connectivity index (χ3v) is 3.66. The normalized spacial score (nSPS) is 27.2. The quantitative estimate of drug-likeness (QED) is 0.869. The standard InChI is InChI=1S/C11H16BrN3O3/c1-7-11(16,3-4-18-7)6-14-10-13-5-8(12)9(15-10)17-2/h5,7,16H,3-4,6H2,1-2H3,(H,13,14,15).